The zero-order valence-corrected chi connectivity index (χ0v) is 20.6. The largest absolute Gasteiger partial charge is 0.510 e. The van der Waals surface area contributed by atoms with Crippen molar-refractivity contribution in [2.75, 3.05) is 27.1 Å². The first kappa shape index (κ1) is 27.0. The van der Waals surface area contributed by atoms with Gasteiger partial charge in [0.05, 0.1) is 17.2 Å². The van der Waals surface area contributed by atoms with E-state index in [0.29, 0.717) is 24.0 Å². The van der Waals surface area contributed by atoms with E-state index in [1.807, 2.05) is 0 Å². The second-order valence-corrected chi connectivity index (χ2v) is 9.53. The Hall–Kier alpha value is -3.06. The van der Waals surface area contributed by atoms with Gasteiger partial charge in [-0.05, 0) is 48.4 Å². The van der Waals surface area contributed by atoms with E-state index < -0.39 is 47.1 Å². The van der Waals surface area contributed by atoms with Gasteiger partial charge in [-0.2, -0.15) is 13.2 Å². The second-order valence-electron chi connectivity index (χ2n) is 9.12. The molecular weight excluding hydrogens is 523 g/mol. The van der Waals surface area contributed by atoms with Crippen LogP contribution in [0.5, 0.6) is 0 Å². The molecule has 0 bridgehead atoms. The number of fused-ring (bicyclic) bond motifs is 1. The average molecular weight is 548 g/mol. The lowest BCUT2D eigenvalue weighted by molar-refractivity contribution is -0.138. The molecule has 14 heteroatoms. The molecule has 202 valence electrons. The molecule has 10 nitrogen and oxygen atoms in total. The average Bonchev–Trinajstić information content (AvgIpc) is 3.55. The summed E-state index contributed by atoms with van der Waals surface area (Å²) < 4.78 is 53.9. The van der Waals surface area contributed by atoms with Crippen molar-refractivity contribution in [3.63, 3.8) is 0 Å². The van der Waals surface area contributed by atoms with E-state index in [-0.39, 0.29) is 51.0 Å². The number of ether oxygens (including phenoxy) is 3. The van der Waals surface area contributed by atoms with Crippen LogP contribution in [0.2, 0.25) is 5.02 Å². The maximum Gasteiger partial charge on any atom is 0.510 e. The fourth-order valence-electron chi connectivity index (χ4n) is 4.63. The van der Waals surface area contributed by atoms with Crippen molar-refractivity contribution in [3.8, 4) is 0 Å². The molecule has 37 heavy (non-hydrogen) atoms. The van der Waals surface area contributed by atoms with Gasteiger partial charge in [0.15, 0.2) is 6.73 Å². The monoisotopic (exact) mass is 547 g/mol. The molecule has 0 spiro atoms. The maximum absolute atomic E-state index is 13.2. The van der Waals surface area contributed by atoms with Gasteiger partial charge in [0.1, 0.15) is 12.1 Å². The quantitative estimate of drug-likeness (QED) is 0.286. The van der Waals surface area contributed by atoms with E-state index in [1.54, 1.807) is 0 Å². The molecule has 0 unspecified atom stereocenters. The molecule has 1 saturated carbocycles. The number of nitrogens with zero attached hydrogens (tertiary/aromatic N) is 2. The Balaban J connectivity index is 1.37. The number of halogens is 4. The van der Waals surface area contributed by atoms with Crippen molar-refractivity contribution >= 4 is 35.6 Å². The lowest BCUT2D eigenvalue weighted by Gasteiger charge is -2.27. The van der Waals surface area contributed by atoms with Crippen LogP contribution in [0.1, 0.15) is 42.4 Å². The Kier molecular flexibility index (Phi) is 7.56. The molecule has 2 fully saturated rings. The number of benzene rings is 1. The number of imide groups is 1. The Labute approximate surface area is 214 Å². The highest BCUT2D eigenvalue weighted by Crippen LogP contribution is 2.46. The molecule has 1 aromatic rings. The smallest absolute Gasteiger partial charge is 0.432 e. The SMILES string of the molecule is COCCOC(=O)OCN1C(=O)N[C@](CCC(=O)N2Cc3cc(Cl)c(C(F)(F)F)cc3C2)(C2CC2)C1=O. The van der Waals surface area contributed by atoms with Crippen molar-refractivity contribution < 1.29 is 46.6 Å². The van der Waals surface area contributed by atoms with Crippen LogP contribution >= 0.6 is 11.6 Å². The van der Waals surface area contributed by atoms with E-state index in [4.69, 9.17) is 25.8 Å². The van der Waals surface area contributed by atoms with Gasteiger partial charge in [-0.3, -0.25) is 9.59 Å². The Morgan fingerprint density at radius 3 is 2.43 bits per heavy atom. The first-order valence-corrected chi connectivity index (χ1v) is 11.9. The van der Waals surface area contributed by atoms with E-state index in [1.165, 1.54) is 18.1 Å². The van der Waals surface area contributed by atoms with Gasteiger partial charge in [0.2, 0.25) is 5.91 Å². The summed E-state index contributed by atoms with van der Waals surface area (Å²) in [4.78, 5) is 52.5. The lowest BCUT2D eigenvalue weighted by atomic mass is 9.87. The summed E-state index contributed by atoms with van der Waals surface area (Å²) in [5.41, 5.74) is -1.41. The molecular formula is C23H25ClF3N3O7. The molecule has 1 aliphatic carbocycles. The van der Waals surface area contributed by atoms with Crippen LogP contribution < -0.4 is 5.32 Å². The van der Waals surface area contributed by atoms with Crippen molar-refractivity contribution in [1.29, 1.82) is 0 Å². The Bertz CT molecular complexity index is 1110. The van der Waals surface area contributed by atoms with Gasteiger partial charge in [-0.1, -0.05) is 11.6 Å². The van der Waals surface area contributed by atoms with Gasteiger partial charge < -0.3 is 24.4 Å². The minimum atomic E-state index is -4.61. The van der Waals surface area contributed by atoms with E-state index >= 15 is 0 Å². The lowest BCUT2D eigenvalue weighted by Crippen LogP contribution is -2.50. The molecule has 1 atom stereocenters. The Morgan fingerprint density at radius 1 is 1.14 bits per heavy atom. The second kappa shape index (κ2) is 10.4. The highest BCUT2D eigenvalue weighted by atomic mass is 35.5. The number of alkyl halides is 3. The minimum absolute atomic E-state index is 0.00272. The van der Waals surface area contributed by atoms with Gasteiger partial charge in [0, 0.05) is 26.6 Å². The summed E-state index contributed by atoms with van der Waals surface area (Å²) in [6.07, 6.45) is -4.47. The summed E-state index contributed by atoms with van der Waals surface area (Å²) in [5, 5.41) is 2.24. The highest BCUT2D eigenvalue weighted by molar-refractivity contribution is 6.31. The molecule has 0 aromatic heterocycles. The third-order valence-corrected chi connectivity index (χ3v) is 7.01. The Morgan fingerprint density at radius 2 is 1.81 bits per heavy atom. The molecule has 3 aliphatic rings. The van der Waals surface area contributed by atoms with Gasteiger partial charge >= 0.3 is 18.4 Å². The molecule has 4 amide bonds. The maximum atomic E-state index is 13.2. The van der Waals surface area contributed by atoms with Crippen molar-refractivity contribution in [1.82, 2.24) is 15.1 Å². The van der Waals surface area contributed by atoms with E-state index in [0.717, 1.165) is 11.0 Å². The molecule has 1 N–H and O–H groups in total. The fourth-order valence-corrected chi connectivity index (χ4v) is 4.93. The molecule has 1 saturated heterocycles. The number of rotatable bonds is 9. The number of methoxy groups -OCH3 is 1. The van der Waals surface area contributed by atoms with Gasteiger partial charge in [-0.25, -0.2) is 14.5 Å². The van der Waals surface area contributed by atoms with Crippen LogP contribution in [-0.4, -0.2) is 66.4 Å². The molecule has 2 heterocycles. The zero-order valence-electron chi connectivity index (χ0n) is 19.9. The third-order valence-electron chi connectivity index (χ3n) is 6.70. The van der Waals surface area contributed by atoms with Crippen LogP contribution in [0.15, 0.2) is 12.1 Å². The first-order valence-electron chi connectivity index (χ1n) is 11.5. The number of urea groups is 1. The number of hydrogen-bond acceptors (Lipinski definition) is 7. The number of amides is 4. The fraction of sp³-hybridized carbons (Fsp3) is 0.565. The zero-order chi connectivity index (χ0) is 27.0. The summed E-state index contributed by atoms with van der Waals surface area (Å²) in [7, 11) is 1.42. The van der Waals surface area contributed by atoms with Crippen LogP contribution in [0.4, 0.5) is 22.8 Å². The molecule has 1 aromatic carbocycles. The predicted octanol–water partition coefficient (Wildman–Crippen LogP) is 3.44. The normalized spacial score (nSPS) is 21.2. The standard InChI is InChI=1S/C23H25ClF3N3O7/c1-35-6-7-36-21(34)37-12-30-19(32)22(15-2-3-15,28-20(30)33)5-4-18(31)29-10-13-8-16(23(25,26)27)17(24)9-14(13)11-29/h8-9,15H,2-7,10-12H2,1H3,(H,28,33)/t22-/m1/s1. The van der Waals surface area contributed by atoms with Crippen LogP contribution in [-0.2, 0) is 43.1 Å². The van der Waals surface area contributed by atoms with Crippen molar-refractivity contribution in [2.24, 2.45) is 5.92 Å². The van der Waals surface area contributed by atoms with Gasteiger partial charge in [0.25, 0.3) is 5.91 Å². The van der Waals surface area contributed by atoms with Crippen LogP contribution in [0.3, 0.4) is 0 Å². The van der Waals surface area contributed by atoms with Crippen LogP contribution in [0.25, 0.3) is 0 Å². The van der Waals surface area contributed by atoms with Crippen molar-refractivity contribution in [3.05, 3.63) is 33.8 Å². The number of carbonyl (C=O) groups excluding carboxylic acids is 4. The molecule has 4 rings (SSSR count). The van der Waals surface area contributed by atoms with Crippen LogP contribution in [0, 0.1) is 5.92 Å². The predicted molar refractivity (Wildman–Crippen MR) is 120 cm³/mol. The number of hydrogen-bond donors (Lipinski definition) is 1. The molecule has 0 radical (unpaired) electrons. The third kappa shape index (κ3) is 5.61. The van der Waals surface area contributed by atoms with E-state index in [9.17, 15) is 32.3 Å². The number of carbonyl (C=O) groups is 4. The van der Waals surface area contributed by atoms with Crippen molar-refractivity contribution in [2.45, 2.75) is 50.5 Å². The molecule has 2 aliphatic heterocycles. The summed E-state index contributed by atoms with van der Waals surface area (Å²) in [6.45, 7) is -0.490. The topological polar surface area (TPSA) is 114 Å². The minimum Gasteiger partial charge on any atom is -0.432 e. The summed E-state index contributed by atoms with van der Waals surface area (Å²) >= 11 is 5.80. The highest BCUT2D eigenvalue weighted by Gasteiger charge is 2.59. The summed E-state index contributed by atoms with van der Waals surface area (Å²) in [6, 6.07) is 1.42. The number of nitrogens with one attached hydrogen (secondary N) is 1. The summed E-state index contributed by atoms with van der Waals surface area (Å²) in [5.74, 6) is -1.16. The van der Waals surface area contributed by atoms with Gasteiger partial charge in [-0.15, -0.1) is 0 Å². The first-order chi connectivity index (χ1) is 17.5. The van der Waals surface area contributed by atoms with E-state index in [2.05, 4.69) is 5.32 Å².